The molecule has 2 aliphatic rings. The summed E-state index contributed by atoms with van der Waals surface area (Å²) in [5.74, 6) is 1.48. The molecule has 2 aromatic rings. The maximum atomic E-state index is 12.5. The third-order valence-corrected chi connectivity index (χ3v) is 6.36. The summed E-state index contributed by atoms with van der Waals surface area (Å²) in [5, 5.41) is 17.6. The highest BCUT2D eigenvalue weighted by Gasteiger charge is 2.23. The van der Waals surface area contributed by atoms with Crippen LogP contribution in [0, 0.1) is 18.3 Å². The van der Waals surface area contributed by atoms with Gasteiger partial charge in [0.1, 0.15) is 17.3 Å². The fourth-order valence-electron chi connectivity index (χ4n) is 4.05. The van der Waals surface area contributed by atoms with Gasteiger partial charge in [0.25, 0.3) is 5.91 Å². The Morgan fingerprint density at radius 2 is 2.16 bits per heavy atom. The van der Waals surface area contributed by atoms with Crippen LogP contribution in [0.1, 0.15) is 53.6 Å². The Kier molecular flexibility index (Phi) is 7.06. The molecule has 31 heavy (non-hydrogen) atoms. The minimum Gasteiger partial charge on any atom is -0.381 e. The van der Waals surface area contributed by atoms with Crippen molar-refractivity contribution in [2.45, 2.75) is 44.6 Å². The van der Waals surface area contributed by atoms with Crippen LogP contribution in [0.2, 0.25) is 0 Å². The summed E-state index contributed by atoms with van der Waals surface area (Å²) >= 11 is 1.38. The van der Waals surface area contributed by atoms with Crippen LogP contribution in [0.25, 0.3) is 0 Å². The third kappa shape index (κ3) is 5.76. The number of hydrogen-bond acceptors (Lipinski definition) is 9. The first-order valence-electron chi connectivity index (χ1n) is 10.7. The molecular weight excluding hydrogens is 414 g/mol. The number of carbonyl (C=O) groups excluding carboxylic acids is 1. The van der Waals surface area contributed by atoms with Crippen LogP contribution in [0.4, 0.5) is 10.9 Å². The van der Waals surface area contributed by atoms with Gasteiger partial charge in [-0.1, -0.05) is 0 Å². The van der Waals surface area contributed by atoms with Crippen LogP contribution < -0.4 is 10.6 Å². The van der Waals surface area contributed by atoms with Crippen molar-refractivity contribution < 1.29 is 9.53 Å². The molecule has 0 saturated carbocycles. The van der Waals surface area contributed by atoms with Crippen LogP contribution in [0.3, 0.4) is 0 Å². The van der Waals surface area contributed by atoms with E-state index in [9.17, 15) is 4.79 Å². The maximum absolute atomic E-state index is 12.5. The fourth-order valence-corrected chi connectivity index (χ4v) is 4.75. The number of carbonyl (C=O) groups is 1. The van der Waals surface area contributed by atoms with Gasteiger partial charge in [0, 0.05) is 43.2 Å². The third-order valence-electron chi connectivity index (χ3n) is 5.60. The lowest BCUT2D eigenvalue weighted by atomic mass is 9.94. The summed E-state index contributed by atoms with van der Waals surface area (Å²) in [4.78, 5) is 28.2. The normalized spacial score (nSPS) is 20.2. The predicted molar refractivity (Wildman–Crippen MR) is 118 cm³/mol. The quantitative estimate of drug-likeness (QED) is 0.657. The molecule has 0 aliphatic carbocycles. The number of amides is 1. The summed E-state index contributed by atoms with van der Waals surface area (Å²) < 4.78 is 5.33. The standard InChI is InChI=1S/C21H27N7O2S/c1-14-23-17(15-3-2-7-28(12-15)8-6-22)11-19(24-14)27-21-26-18(13-31-21)20(29)25-16-4-9-30-10-5-16/h11,13,15-16H,2-5,7-10,12H2,1H3,(H,25,29)(H,23,24,26,27)/t15-/m1/s1. The van der Waals surface area contributed by atoms with Crippen LogP contribution in [0.15, 0.2) is 11.4 Å². The predicted octanol–water partition coefficient (Wildman–Crippen LogP) is 2.60. The van der Waals surface area contributed by atoms with E-state index in [1.165, 1.54) is 11.3 Å². The number of thiazole rings is 1. The van der Waals surface area contributed by atoms with E-state index in [0.717, 1.165) is 44.5 Å². The Bertz CT molecular complexity index is 951. The molecule has 2 saturated heterocycles. The molecule has 4 heterocycles. The maximum Gasteiger partial charge on any atom is 0.271 e. The molecule has 10 heteroatoms. The molecule has 0 aromatic carbocycles. The van der Waals surface area contributed by atoms with Gasteiger partial charge in [-0.15, -0.1) is 11.3 Å². The Hall–Kier alpha value is -2.61. The van der Waals surface area contributed by atoms with Gasteiger partial charge < -0.3 is 15.4 Å². The molecule has 1 amide bonds. The van der Waals surface area contributed by atoms with Gasteiger partial charge in [-0.3, -0.25) is 9.69 Å². The first-order chi connectivity index (χ1) is 15.1. The van der Waals surface area contributed by atoms with E-state index in [1.807, 2.05) is 13.0 Å². The molecule has 2 fully saturated rings. The van der Waals surface area contributed by atoms with Crippen molar-refractivity contribution in [1.82, 2.24) is 25.2 Å². The minimum absolute atomic E-state index is 0.141. The van der Waals surface area contributed by atoms with E-state index < -0.39 is 0 Å². The van der Waals surface area contributed by atoms with Crippen molar-refractivity contribution in [3.8, 4) is 6.07 Å². The van der Waals surface area contributed by atoms with Gasteiger partial charge in [0.05, 0.1) is 18.3 Å². The number of rotatable bonds is 6. The molecule has 2 N–H and O–H groups in total. The first kappa shape index (κ1) is 21.6. The molecule has 0 spiro atoms. The van der Waals surface area contributed by atoms with Gasteiger partial charge >= 0.3 is 0 Å². The Labute approximate surface area is 185 Å². The molecule has 1 atom stereocenters. The second kappa shape index (κ2) is 10.1. The van der Waals surface area contributed by atoms with Crippen LogP contribution in [0.5, 0.6) is 0 Å². The molecule has 2 aromatic heterocycles. The van der Waals surface area contributed by atoms with Crippen molar-refractivity contribution in [2.24, 2.45) is 0 Å². The van der Waals surface area contributed by atoms with Crippen molar-refractivity contribution in [3.05, 3.63) is 28.7 Å². The van der Waals surface area contributed by atoms with E-state index in [4.69, 9.17) is 10.00 Å². The van der Waals surface area contributed by atoms with Gasteiger partial charge in [0.15, 0.2) is 5.13 Å². The zero-order valence-corrected chi connectivity index (χ0v) is 18.5. The molecule has 2 aliphatic heterocycles. The number of piperidine rings is 1. The summed E-state index contributed by atoms with van der Waals surface area (Å²) in [6.45, 7) is 5.47. The molecule has 0 unspecified atom stereocenters. The molecular formula is C21H27N7O2S. The summed E-state index contributed by atoms with van der Waals surface area (Å²) in [5.41, 5.74) is 1.39. The van der Waals surface area contributed by atoms with E-state index >= 15 is 0 Å². The second-order valence-corrected chi connectivity index (χ2v) is 8.84. The lowest BCUT2D eigenvalue weighted by Gasteiger charge is -2.30. The lowest BCUT2D eigenvalue weighted by Crippen LogP contribution is -2.39. The van der Waals surface area contributed by atoms with E-state index in [2.05, 4.69) is 36.6 Å². The average molecular weight is 442 g/mol. The number of likely N-dealkylation sites (tertiary alicyclic amines) is 1. The topological polar surface area (TPSA) is 116 Å². The number of hydrogen-bond donors (Lipinski definition) is 2. The zero-order chi connectivity index (χ0) is 21.6. The smallest absolute Gasteiger partial charge is 0.271 e. The number of nitrogens with one attached hydrogen (secondary N) is 2. The van der Waals surface area contributed by atoms with Crippen molar-refractivity contribution >= 4 is 28.2 Å². The monoisotopic (exact) mass is 441 g/mol. The number of aryl methyl sites for hydroxylation is 1. The Balaban J connectivity index is 1.41. The molecule has 4 rings (SSSR count). The van der Waals surface area contributed by atoms with Gasteiger partial charge in [-0.2, -0.15) is 5.26 Å². The highest BCUT2D eigenvalue weighted by atomic mass is 32.1. The van der Waals surface area contributed by atoms with Crippen molar-refractivity contribution in [2.75, 3.05) is 38.2 Å². The van der Waals surface area contributed by atoms with Crippen LogP contribution in [-0.4, -0.2) is 64.6 Å². The van der Waals surface area contributed by atoms with Gasteiger partial charge in [-0.05, 0) is 39.2 Å². The number of nitrogens with zero attached hydrogens (tertiary/aromatic N) is 5. The van der Waals surface area contributed by atoms with E-state index in [1.54, 1.807) is 5.38 Å². The Morgan fingerprint density at radius 3 is 2.97 bits per heavy atom. The fraction of sp³-hybridized carbons (Fsp3) is 0.571. The Morgan fingerprint density at radius 1 is 1.32 bits per heavy atom. The van der Waals surface area contributed by atoms with E-state index in [0.29, 0.717) is 42.2 Å². The highest BCUT2D eigenvalue weighted by Crippen LogP contribution is 2.28. The second-order valence-electron chi connectivity index (χ2n) is 7.98. The van der Waals surface area contributed by atoms with Gasteiger partial charge in [-0.25, -0.2) is 15.0 Å². The SMILES string of the molecule is Cc1nc(Nc2nc(C(=O)NC3CCOCC3)cs2)cc([C@@H]2CCCN(CC#N)C2)n1. The number of anilines is 2. The van der Waals surface area contributed by atoms with Gasteiger partial charge in [0.2, 0.25) is 0 Å². The largest absolute Gasteiger partial charge is 0.381 e. The van der Waals surface area contributed by atoms with E-state index in [-0.39, 0.29) is 17.9 Å². The zero-order valence-electron chi connectivity index (χ0n) is 17.6. The van der Waals surface area contributed by atoms with Crippen molar-refractivity contribution in [3.63, 3.8) is 0 Å². The summed E-state index contributed by atoms with van der Waals surface area (Å²) in [7, 11) is 0. The molecule has 0 radical (unpaired) electrons. The average Bonchev–Trinajstić information content (AvgIpc) is 3.23. The minimum atomic E-state index is -0.157. The summed E-state index contributed by atoms with van der Waals surface area (Å²) in [6, 6.07) is 4.33. The molecule has 0 bridgehead atoms. The lowest BCUT2D eigenvalue weighted by molar-refractivity contribution is 0.0694. The number of aromatic nitrogens is 3. The molecule has 9 nitrogen and oxygen atoms in total. The number of nitriles is 1. The number of ether oxygens (including phenoxy) is 1. The summed E-state index contributed by atoms with van der Waals surface area (Å²) in [6.07, 6.45) is 3.76. The van der Waals surface area contributed by atoms with Crippen LogP contribution in [-0.2, 0) is 4.74 Å². The van der Waals surface area contributed by atoms with Crippen molar-refractivity contribution in [1.29, 1.82) is 5.26 Å². The molecule has 164 valence electrons. The first-order valence-corrected chi connectivity index (χ1v) is 11.5. The van der Waals surface area contributed by atoms with Crippen LogP contribution >= 0.6 is 11.3 Å². The highest BCUT2D eigenvalue weighted by molar-refractivity contribution is 7.14.